The van der Waals surface area contributed by atoms with E-state index in [1.165, 1.54) is 16.9 Å². The van der Waals surface area contributed by atoms with Crippen LogP contribution < -0.4 is 15.6 Å². The third-order valence-electron chi connectivity index (χ3n) is 6.05. The van der Waals surface area contributed by atoms with Gasteiger partial charge in [0.1, 0.15) is 16.9 Å². The van der Waals surface area contributed by atoms with Crippen molar-refractivity contribution >= 4 is 39.0 Å². The molecule has 1 amide bonds. The van der Waals surface area contributed by atoms with Crippen LogP contribution in [0.1, 0.15) is 40.6 Å². The number of carbonyl (C=O) groups is 1. The topological polar surface area (TPSA) is 76.7 Å². The Kier molecular flexibility index (Phi) is 6.88. The SMILES string of the molecule is COc1cccc(N=c2oc3ccccc3cc2C(=O)Nc2nc(-c3ccc(C(C)C)cc3)c(C)s2)c1. The highest BCUT2D eigenvalue weighted by Gasteiger charge is 2.17. The van der Waals surface area contributed by atoms with Gasteiger partial charge in [0.05, 0.1) is 18.5 Å². The molecule has 0 bridgehead atoms. The minimum absolute atomic E-state index is 0.210. The van der Waals surface area contributed by atoms with Gasteiger partial charge in [0.15, 0.2) is 5.13 Å². The number of amides is 1. The number of ether oxygens (including phenoxy) is 1. The maximum Gasteiger partial charge on any atom is 0.262 e. The molecule has 0 atom stereocenters. The third kappa shape index (κ3) is 5.32. The van der Waals surface area contributed by atoms with Crippen molar-refractivity contribution in [1.82, 2.24) is 4.98 Å². The van der Waals surface area contributed by atoms with Gasteiger partial charge in [-0.1, -0.05) is 62.4 Å². The number of rotatable bonds is 6. The molecular formula is C30H27N3O3S. The molecule has 0 aliphatic carbocycles. The van der Waals surface area contributed by atoms with Crippen LogP contribution in [0.15, 0.2) is 88.3 Å². The summed E-state index contributed by atoms with van der Waals surface area (Å²) < 4.78 is 11.4. The number of nitrogens with zero attached hydrogens (tertiary/aromatic N) is 2. The number of hydrogen-bond donors (Lipinski definition) is 1. The van der Waals surface area contributed by atoms with E-state index in [1.807, 2.05) is 49.4 Å². The van der Waals surface area contributed by atoms with E-state index in [1.54, 1.807) is 19.2 Å². The van der Waals surface area contributed by atoms with Crippen molar-refractivity contribution in [2.75, 3.05) is 12.4 Å². The molecular weight excluding hydrogens is 482 g/mol. The molecule has 186 valence electrons. The quantitative estimate of drug-likeness (QED) is 0.257. The highest BCUT2D eigenvalue weighted by atomic mass is 32.1. The minimum atomic E-state index is -0.341. The maximum absolute atomic E-state index is 13.5. The van der Waals surface area contributed by atoms with Crippen molar-refractivity contribution in [1.29, 1.82) is 0 Å². The van der Waals surface area contributed by atoms with Crippen LogP contribution in [0, 0.1) is 6.92 Å². The van der Waals surface area contributed by atoms with Crippen molar-refractivity contribution < 1.29 is 13.9 Å². The van der Waals surface area contributed by atoms with Gasteiger partial charge in [-0.3, -0.25) is 10.1 Å². The molecule has 0 radical (unpaired) electrons. The lowest BCUT2D eigenvalue weighted by molar-refractivity contribution is 0.102. The molecule has 0 aliphatic rings. The van der Waals surface area contributed by atoms with Crippen LogP contribution >= 0.6 is 11.3 Å². The van der Waals surface area contributed by atoms with Crippen molar-refractivity contribution in [2.24, 2.45) is 4.99 Å². The van der Waals surface area contributed by atoms with Crippen LogP contribution in [0.25, 0.3) is 22.2 Å². The average molecular weight is 510 g/mol. The Bertz CT molecular complexity index is 1650. The number of methoxy groups -OCH3 is 1. The van der Waals surface area contributed by atoms with Gasteiger partial charge in [-0.25, -0.2) is 9.98 Å². The van der Waals surface area contributed by atoms with Gasteiger partial charge in [-0.15, -0.1) is 11.3 Å². The zero-order valence-corrected chi connectivity index (χ0v) is 21.9. The number of fused-ring (bicyclic) bond motifs is 1. The van der Waals surface area contributed by atoms with Gasteiger partial charge < -0.3 is 9.15 Å². The van der Waals surface area contributed by atoms with Crippen molar-refractivity contribution in [3.8, 4) is 17.0 Å². The zero-order valence-electron chi connectivity index (χ0n) is 21.1. The van der Waals surface area contributed by atoms with E-state index >= 15 is 0 Å². The van der Waals surface area contributed by atoms with Gasteiger partial charge in [0.2, 0.25) is 5.55 Å². The molecule has 2 aromatic heterocycles. The summed E-state index contributed by atoms with van der Waals surface area (Å²) in [5, 5.41) is 4.28. The van der Waals surface area contributed by atoms with Gasteiger partial charge in [0.25, 0.3) is 5.91 Å². The Hall–Kier alpha value is -4.23. The highest BCUT2D eigenvalue weighted by molar-refractivity contribution is 7.16. The fourth-order valence-electron chi connectivity index (χ4n) is 4.02. The molecule has 6 nitrogen and oxygen atoms in total. The summed E-state index contributed by atoms with van der Waals surface area (Å²) in [4.78, 5) is 23.9. The molecule has 0 aliphatic heterocycles. The smallest absolute Gasteiger partial charge is 0.262 e. The molecule has 5 rings (SSSR count). The summed E-state index contributed by atoms with van der Waals surface area (Å²) in [6.45, 7) is 6.35. The van der Waals surface area contributed by atoms with E-state index in [-0.39, 0.29) is 11.5 Å². The van der Waals surface area contributed by atoms with Crippen LogP contribution in [-0.2, 0) is 0 Å². The lowest BCUT2D eigenvalue weighted by Crippen LogP contribution is -2.21. The maximum atomic E-state index is 13.5. The van der Waals surface area contributed by atoms with Crippen LogP contribution in [0.4, 0.5) is 10.8 Å². The van der Waals surface area contributed by atoms with Crippen molar-refractivity contribution in [2.45, 2.75) is 26.7 Å². The summed E-state index contributed by atoms with van der Waals surface area (Å²) in [6, 6.07) is 25.0. The Morgan fingerprint density at radius 3 is 2.57 bits per heavy atom. The number of aromatic nitrogens is 1. The molecule has 1 N–H and O–H groups in total. The van der Waals surface area contributed by atoms with Crippen molar-refractivity contribution in [3.05, 3.63) is 100 Å². The average Bonchev–Trinajstić information content (AvgIpc) is 3.27. The number of benzene rings is 3. The standard InChI is InChI=1S/C30H27N3O3S/c1-18(2)20-12-14-21(15-13-20)27-19(3)37-30(32-27)33-28(34)25-16-22-8-5-6-11-26(22)36-29(25)31-23-9-7-10-24(17-23)35-4/h5-18H,1-4H3,(H,32,33,34). The van der Waals surface area contributed by atoms with Crippen LogP contribution in [0.3, 0.4) is 0 Å². The second-order valence-electron chi connectivity index (χ2n) is 8.97. The van der Waals surface area contributed by atoms with Gasteiger partial charge in [-0.2, -0.15) is 0 Å². The normalized spacial score (nSPS) is 11.8. The molecule has 0 fully saturated rings. The summed E-state index contributed by atoms with van der Waals surface area (Å²) in [5.74, 6) is 0.788. The highest BCUT2D eigenvalue weighted by Crippen LogP contribution is 2.31. The van der Waals surface area contributed by atoms with Gasteiger partial charge >= 0.3 is 0 Å². The van der Waals surface area contributed by atoms with Gasteiger partial charge in [0, 0.05) is 21.9 Å². The number of anilines is 1. The summed E-state index contributed by atoms with van der Waals surface area (Å²) >= 11 is 1.44. The molecule has 0 unspecified atom stereocenters. The first kappa shape index (κ1) is 24.5. The summed E-state index contributed by atoms with van der Waals surface area (Å²) in [5.41, 5.74) is 4.94. The van der Waals surface area contributed by atoms with Crippen LogP contribution in [0.5, 0.6) is 5.75 Å². The number of thiazole rings is 1. The largest absolute Gasteiger partial charge is 0.497 e. The van der Waals surface area contributed by atoms with E-state index in [2.05, 4.69) is 48.4 Å². The second-order valence-corrected chi connectivity index (χ2v) is 10.2. The third-order valence-corrected chi connectivity index (χ3v) is 6.94. The fourth-order valence-corrected chi connectivity index (χ4v) is 4.85. The Labute approximate surface area is 219 Å². The predicted octanol–water partition coefficient (Wildman–Crippen LogP) is 7.48. The Balaban J connectivity index is 1.51. The number of para-hydroxylation sites is 1. The van der Waals surface area contributed by atoms with Crippen LogP contribution in [-0.4, -0.2) is 18.0 Å². The lowest BCUT2D eigenvalue weighted by atomic mass is 10.0. The fraction of sp³-hybridized carbons (Fsp3) is 0.167. The Morgan fingerprint density at radius 1 is 1.03 bits per heavy atom. The molecule has 3 aromatic carbocycles. The number of hydrogen-bond acceptors (Lipinski definition) is 6. The summed E-state index contributed by atoms with van der Waals surface area (Å²) in [7, 11) is 1.60. The number of carbonyl (C=O) groups excluding carboxylic acids is 1. The van der Waals surface area contributed by atoms with E-state index in [0.717, 1.165) is 21.5 Å². The van der Waals surface area contributed by atoms with E-state index in [9.17, 15) is 4.79 Å². The van der Waals surface area contributed by atoms with E-state index < -0.39 is 0 Å². The van der Waals surface area contributed by atoms with E-state index in [4.69, 9.17) is 14.1 Å². The predicted molar refractivity (Wildman–Crippen MR) is 149 cm³/mol. The van der Waals surface area contributed by atoms with E-state index in [0.29, 0.717) is 33.6 Å². The lowest BCUT2D eigenvalue weighted by Gasteiger charge is -2.06. The molecule has 2 heterocycles. The monoisotopic (exact) mass is 509 g/mol. The van der Waals surface area contributed by atoms with Crippen LogP contribution in [0.2, 0.25) is 0 Å². The number of nitrogens with one attached hydrogen (secondary N) is 1. The molecule has 7 heteroatoms. The molecule has 0 saturated carbocycles. The second kappa shape index (κ2) is 10.4. The molecule has 0 saturated heterocycles. The Morgan fingerprint density at radius 2 is 1.81 bits per heavy atom. The first-order valence-electron chi connectivity index (χ1n) is 12.0. The molecule has 5 aromatic rings. The minimum Gasteiger partial charge on any atom is -0.497 e. The molecule has 0 spiro atoms. The first-order valence-corrected chi connectivity index (χ1v) is 12.8. The van der Waals surface area contributed by atoms with Crippen molar-refractivity contribution in [3.63, 3.8) is 0 Å². The zero-order chi connectivity index (χ0) is 25.9. The first-order chi connectivity index (χ1) is 17.9. The molecule has 37 heavy (non-hydrogen) atoms. The van der Waals surface area contributed by atoms with Gasteiger partial charge in [-0.05, 0) is 42.7 Å². The summed E-state index contributed by atoms with van der Waals surface area (Å²) in [6.07, 6.45) is 0. The number of aryl methyl sites for hydroxylation is 1.